The molecule has 36 heavy (non-hydrogen) atoms. The quantitative estimate of drug-likeness (QED) is 0.394. The van der Waals surface area contributed by atoms with Gasteiger partial charge in [0.05, 0.1) is 6.54 Å². The van der Waals surface area contributed by atoms with Crippen LogP contribution in [-0.2, 0) is 19.6 Å². The van der Waals surface area contributed by atoms with E-state index in [1.807, 2.05) is 43.5 Å². The number of aromatic amines is 1. The van der Waals surface area contributed by atoms with Crippen molar-refractivity contribution in [3.05, 3.63) is 105 Å². The number of allylic oxidation sites excluding steroid dienone is 1. The predicted molar refractivity (Wildman–Crippen MR) is 137 cm³/mol. The zero-order chi connectivity index (χ0) is 24.8. The Balaban J connectivity index is 1.49. The van der Waals surface area contributed by atoms with Crippen molar-refractivity contribution in [2.45, 2.75) is 40.3 Å². The largest absolute Gasteiger partial charge is 0.488 e. The van der Waals surface area contributed by atoms with E-state index in [9.17, 15) is 4.79 Å². The summed E-state index contributed by atoms with van der Waals surface area (Å²) in [6, 6.07) is 16.3. The van der Waals surface area contributed by atoms with Crippen LogP contribution in [0.2, 0.25) is 0 Å². The molecule has 4 heterocycles. The van der Waals surface area contributed by atoms with Crippen LogP contribution in [0.5, 0.6) is 5.75 Å². The van der Waals surface area contributed by atoms with E-state index in [4.69, 9.17) is 14.2 Å². The van der Waals surface area contributed by atoms with E-state index >= 15 is 0 Å². The van der Waals surface area contributed by atoms with Crippen molar-refractivity contribution in [3.8, 4) is 5.75 Å². The van der Waals surface area contributed by atoms with E-state index in [0.717, 1.165) is 68.1 Å². The van der Waals surface area contributed by atoms with E-state index < -0.39 is 5.76 Å². The first-order valence-corrected chi connectivity index (χ1v) is 12.0. The molecule has 8 heteroatoms. The highest BCUT2D eigenvalue weighted by atomic mass is 16.5. The van der Waals surface area contributed by atoms with Crippen LogP contribution >= 0.6 is 0 Å². The average Bonchev–Trinajstić information content (AvgIpc) is 3.44. The lowest BCUT2D eigenvalue weighted by Crippen LogP contribution is -2.07. The van der Waals surface area contributed by atoms with Gasteiger partial charge in [0.2, 0.25) is 0 Å². The molecule has 0 aliphatic carbocycles. The summed E-state index contributed by atoms with van der Waals surface area (Å²) >= 11 is 0. The van der Waals surface area contributed by atoms with Crippen molar-refractivity contribution in [2.75, 3.05) is 0 Å². The first-order chi connectivity index (χ1) is 17.5. The summed E-state index contributed by atoms with van der Waals surface area (Å²) in [5, 5.41) is 3.93. The van der Waals surface area contributed by atoms with Gasteiger partial charge in [-0.1, -0.05) is 42.4 Å². The van der Waals surface area contributed by atoms with Gasteiger partial charge in [0.25, 0.3) is 0 Å². The maximum absolute atomic E-state index is 11.7. The summed E-state index contributed by atoms with van der Waals surface area (Å²) < 4.78 is 13.2. The number of pyridine rings is 1. The Kier molecular flexibility index (Phi) is 5.29. The van der Waals surface area contributed by atoms with Crippen LogP contribution in [0, 0.1) is 6.92 Å². The summed E-state index contributed by atoms with van der Waals surface area (Å²) in [5.41, 5.74) is 8.89. The highest BCUT2D eigenvalue weighted by molar-refractivity contribution is 5.99. The lowest BCUT2D eigenvalue weighted by molar-refractivity contribution is 0.307. The van der Waals surface area contributed by atoms with Gasteiger partial charge in [-0.05, 0) is 59.9 Å². The number of para-hydroxylation sites is 1. The third-order valence-corrected chi connectivity index (χ3v) is 6.72. The number of fused-ring (bicyclic) bond motifs is 3. The summed E-state index contributed by atoms with van der Waals surface area (Å²) in [7, 11) is 0. The number of nitrogens with one attached hydrogen (secondary N) is 1. The molecule has 8 nitrogen and oxygen atoms in total. The molecule has 0 fully saturated rings. The number of hydrogen-bond donors (Lipinski definition) is 1. The van der Waals surface area contributed by atoms with Crippen molar-refractivity contribution in [1.29, 1.82) is 0 Å². The Morgan fingerprint density at radius 2 is 2.00 bits per heavy atom. The van der Waals surface area contributed by atoms with Gasteiger partial charge < -0.3 is 9.30 Å². The fourth-order valence-electron chi connectivity index (χ4n) is 4.92. The zero-order valence-electron chi connectivity index (χ0n) is 20.3. The Morgan fingerprint density at radius 3 is 2.81 bits per heavy atom. The van der Waals surface area contributed by atoms with E-state index in [1.165, 1.54) is 0 Å². The van der Waals surface area contributed by atoms with Gasteiger partial charge in [0.1, 0.15) is 23.7 Å². The number of rotatable bonds is 4. The number of aryl methyl sites for hydroxylation is 2. The summed E-state index contributed by atoms with van der Waals surface area (Å²) in [5.74, 6) is 1.61. The van der Waals surface area contributed by atoms with Crippen LogP contribution in [0.15, 0.2) is 64.0 Å². The molecular weight excluding hydrogens is 454 g/mol. The molecule has 6 rings (SSSR count). The molecule has 5 aromatic rings. The van der Waals surface area contributed by atoms with Crippen molar-refractivity contribution >= 4 is 22.3 Å². The maximum atomic E-state index is 11.7. The van der Waals surface area contributed by atoms with Crippen LogP contribution in [-0.4, -0.2) is 24.7 Å². The minimum Gasteiger partial charge on any atom is -0.488 e. The molecule has 0 saturated heterocycles. The first kappa shape index (κ1) is 22.0. The van der Waals surface area contributed by atoms with E-state index in [0.29, 0.717) is 19.0 Å². The lowest BCUT2D eigenvalue weighted by atomic mass is 9.89. The maximum Gasteiger partial charge on any atom is 0.439 e. The smallest absolute Gasteiger partial charge is 0.439 e. The van der Waals surface area contributed by atoms with E-state index in [-0.39, 0.29) is 0 Å². The van der Waals surface area contributed by atoms with Crippen LogP contribution in [0.3, 0.4) is 0 Å². The monoisotopic (exact) mass is 479 g/mol. The summed E-state index contributed by atoms with van der Waals surface area (Å²) in [6.07, 6.45) is 2.66. The molecular formula is C28H25N5O3. The number of aromatic nitrogens is 5. The number of nitrogens with zero attached hydrogens (tertiary/aromatic N) is 4. The lowest BCUT2D eigenvalue weighted by Gasteiger charge is -2.15. The third-order valence-electron chi connectivity index (χ3n) is 6.72. The first-order valence-electron chi connectivity index (χ1n) is 12.0. The van der Waals surface area contributed by atoms with E-state index in [2.05, 4.69) is 51.7 Å². The molecule has 180 valence electrons. The summed E-state index contributed by atoms with van der Waals surface area (Å²) in [4.78, 5) is 23.8. The molecule has 1 aliphatic heterocycles. The predicted octanol–water partition coefficient (Wildman–Crippen LogP) is 4.90. The Hall–Kier alpha value is -4.46. The second-order valence-corrected chi connectivity index (χ2v) is 8.99. The summed E-state index contributed by atoms with van der Waals surface area (Å²) in [6.45, 7) is 7.20. The van der Waals surface area contributed by atoms with Gasteiger partial charge in [-0.3, -0.25) is 9.51 Å². The molecule has 0 unspecified atom stereocenters. The second kappa shape index (κ2) is 8.64. The van der Waals surface area contributed by atoms with Crippen LogP contribution in [0.1, 0.15) is 53.3 Å². The van der Waals surface area contributed by atoms with Gasteiger partial charge in [-0.25, -0.2) is 14.8 Å². The van der Waals surface area contributed by atoms with Crippen LogP contribution < -0.4 is 10.5 Å². The Bertz CT molecular complexity index is 1710. The average molecular weight is 480 g/mol. The minimum absolute atomic E-state index is 0.403. The molecule has 3 aromatic heterocycles. The standard InChI is InChI=1S/C28H25N5O3/c1-4-23-30-25-16(2)11-12-29-27(25)33(23)14-18-9-10-20-19(13-18)15-35-22-8-6-5-7-21(22)24(20)17(3)26-31-28(34)36-32-26/h5-13H,4,14-15H2,1-3H3,(H,31,32,34). The molecule has 0 saturated carbocycles. The van der Waals surface area contributed by atoms with Crippen molar-refractivity contribution in [1.82, 2.24) is 24.7 Å². The molecule has 1 N–H and O–H groups in total. The van der Waals surface area contributed by atoms with Crippen LogP contribution in [0.4, 0.5) is 0 Å². The third kappa shape index (κ3) is 3.62. The zero-order valence-corrected chi connectivity index (χ0v) is 20.3. The van der Waals surface area contributed by atoms with E-state index in [1.54, 1.807) is 0 Å². The SMILES string of the molecule is CCc1nc2c(C)ccnc2n1Cc1ccc2c(c1)COc1ccccc1C2=C(C)c1noc(=O)[nH]1. The topological polar surface area (TPSA) is 98.8 Å². The normalized spacial score (nSPS) is 14.2. The van der Waals surface area contributed by atoms with Gasteiger partial charge in [0.15, 0.2) is 11.5 Å². The van der Waals surface area contributed by atoms with Crippen molar-refractivity contribution in [2.24, 2.45) is 0 Å². The van der Waals surface area contributed by atoms with Gasteiger partial charge in [-0.2, -0.15) is 0 Å². The highest BCUT2D eigenvalue weighted by Gasteiger charge is 2.23. The number of benzene rings is 2. The van der Waals surface area contributed by atoms with Crippen molar-refractivity contribution in [3.63, 3.8) is 0 Å². The Labute approximate surface area is 207 Å². The number of hydrogen-bond acceptors (Lipinski definition) is 6. The van der Waals surface area contributed by atoms with Gasteiger partial charge >= 0.3 is 5.76 Å². The molecule has 0 spiro atoms. The fourth-order valence-corrected chi connectivity index (χ4v) is 4.92. The number of ether oxygens (including phenoxy) is 1. The van der Waals surface area contributed by atoms with Gasteiger partial charge in [-0.15, -0.1) is 0 Å². The molecule has 0 bridgehead atoms. The van der Waals surface area contributed by atoms with Gasteiger partial charge in [0, 0.05) is 23.8 Å². The molecule has 2 aromatic carbocycles. The molecule has 1 aliphatic rings. The molecule has 0 amide bonds. The van der Waals surface area contributed by atoms with Crippen LogP contribution in [0.25, 0.3) is 22.3 Å². The van der Waals surface area contributed by atoms with Crippen molar-refractivity contribution < 1.29 is 9.26 Å². The molecule has 0 atom stereocenters. The molecule has 0 radical (unpaired) electrons. The highest BCUT2D eigenvalue weighted by Crippen LogP contribution is 2.40. The number of imidazole rings is 1. The fraction of sp³-hybridized carbons (Fsp3) is 0.214. The Morgan fingerprint density at radius 1 is 1.14 bits per heavy atom. The minimum atomic E-state index is -0.582. The number of H-pyrrole nitrogens is 1. The second-order valence-electron chi connectivity index (χ2n) is 8.99.